The lowest BCUT2D eigenvalue weighted by molar-refractivity contribution is 0.0696. The van der Waals surface area contributed by atoms with E-state index in [0.717, 1.165) is 0 Å². The molecule has 0 spiro atoms. The Hall–Kier alpha value is -0.930. The number of phenols is 1. The maximum absolute atomic E-state index is 10.5. The Kier molecular flexibility index (Phi) is 2.45. The maximum atomic E-state index is 10.5. The molecule has 0 aliphatic rings. The second-order valence-corrected chi connectivity index (χ2v) is 2.91. The highest BCUT2D eigenvalue weighted by Gasteiger charge is 2.13. The van der Waals surface area contributed by atoms with Crippen LogP contribution in [-0.4, -0.2) is 16.2 Å². The van der Waals surface area contributed by atoms with Gasteiger partial charge in [0.2, 0.25) is 0 Å². The fraction of sp³-hybridized carbons (Fsp3) is 0. The Morgan fingerprint density at radius 1 is 1.33 bits per heavy atom. The van der Waals surface area contributed by atoms with E-state index in [0.29, 0.717) is 0 Å². The van der Waals surface area contributed by atoms with Crippen LogP contribution in [0.1, 0.15) is 10.4 Å². The van der Waals surface area contributed by atoms with Crippen LogP contribution in [0, 0.1) is 0 Å². The average molecular weight is 207 g/mol. The lowest BCUT2D eigenvalue weighted by Crippen LogP contribution is -1.97. The monoisotopic (exact) mass is 206 g/mol. The zero-order valence-corrected chi connectivity index (χ0v) is 7.23. The van der Waals surface area contributed by atoms with Gasteiger partial charge in [-0.15, -0.1) is 0 Å². The zero-order chi connectivity index (χ0) is 9.30. The summed E-state index contributed by atoms with van der Waals surface area (Å²) in [4.78, 5) is 10.5. The fourth-order valence-electron chi connectivity index (χ4n) is 0.730. The summed E-state index contributed by atoms with van der Waals surface area (Å²) in [6.07, 6.45) is 0. The van der Waals surface area contributed by atoms with Crippen molar-refractivity contribution >= 4 is 29.2 Å². The number of phenolic OH excluding ortho intramolecular Hbond substituents is 1. The first-order chi connectivity index (χ1) is 5.52. The highest BCUT2D eigenvalue weighted by Crippen LogP contribution is 2.30. The minimum absolute atomic E-state index is 0.134. The number of carboxylic acid groups (broad SMARTS) is 1. The summed E-state index contributed by atoms with van der Waals surface area (Å²) in [5, 5.41) is 17.5. The molecule has 0 saturated heterocycles. The number of aromatic hydroxyl groups is 1. The van der Waals surface area contributed by atoms with Gasteiger partial charge in [-0.2, -0.15) is 0 Å². The van der Waals surface area contributed by atoms with Crippen LogP contribution in [0.25, 0.3) is 0 Å². The molecule has 0 amide bonds. The van der Waals surface area contributed by atoms with Crippen LogP contribution >= 0.6 is 23.2 Å². The Labute approximate surface area is 78.2 Å². The van der Waals surface area contributed by atoms with Gasteiger partial charge in [0.1, 0.15) is 5.75 Å². The van der Waals surface area contributed by atoms with E-state index in [2.05, 4.69) is 0 Å². The Morgan fingerprint density at radius 3 is 2.42 bits per heavy atom. The Bertz CT molecular complexity index is 336. The molecule has 1 rings (SSSR count). The fourth-order valence-corrected chi connectivity index (χ4v) is 1.13. The smallest absolute Gasteiger partial charge is 0.337 e. The summed E-state index contributed by atoms with van der Waals surface area (Å²) < 4.78 is 0. The molecular weight excluding hydrogens is 203 g/mol. The van der Waals surface area contributed by atoms with Gasteiger partial charge in [-0.3, -0.25) is 0 Å². The van der Waals surface area contributed by atoms with Crippen molar-refractivity contribution in [1.29, 1.82) is 0 Å². The van der Waals surface area contributed by atoms with Gasteiger partial charge in [0.15, 0.2) is 0 Å². The molecule has 0 aromatic heterocycles. The molecule has 0 heterocycles. The molecule has 0 radical (unpaired) electrons. The Morgan fingerprint density at radius 2 is 1.92 bits per heavy atom. The van der Waals surface area contributed by atoms with Crippen molar-refractivity contribution in [3.8, 4) is 5.75 Å². The molecule has 0 atom stereocenters. The normalized spacial score (nSPS) is 9.83. The molecule has 1 aromatic rings. The summed E-state index contributed by atoms with van der Waals surface area (Å²) in [7, 11) is 0. The van der Waals surface area contributed by atoms with Gasteiger partial charge >= 0.3 is 5.97 Å². The van der Waals surface area contributed by atoms with E-state index in [-0.39, 0.29) is 21.4 Å². The van der Waals surface area contributed by atoms with Gasteiger partial charge < -0.3 is 10.2 Å². The Balaban J connectivity index is 3.37. The topological polar surface area (TPSA) is 57.5 Å². The van der Waals surface area contributed by atoms with Crippen LogP contribution in [0.15, 0.2) is 12.1 Å². The highest BCUT2D eigenvalue weighted by molar-refractivity contribution is 6.36. The molecule has 64 valence electrons. The molecule has 3 nitrogen and oxygen atoms in total. The molecule has 0 fully saturated rings. The van der Waals surface area contributed by atoms with E-state index in [1.807, 2.05) is 0 Å². The quantitative estimate of drug-likeness (QED) is 0.743. The number of aromatic carboxylic acids is 1. The van der Waals surface area contributed by atoms with Gasteiger partial charge in [0.25, 0.3) is 0 Å². The van der Waals surface area contributed by atoms with Gasteiger partial charge in [-0.05, 0) is 6.07 Å². The van der Waals surface area contributed by atoms with Crippen molar-refractivity contribution in [3.63, 3.8) is 0 Å². The van der Waals surface area contributed by atoms with Crippen LogP contribution in [0.5, 0.6) is 5.75 Å². The highest BCUT2D eigenvalue weighted by atomic mass is 35.5. The second kappa shape index (κ2) is 3.21. The molecule has 5 heteroatoms. The average Bonchev–Trinajstić information content (AvgIpc) is 1.96. The number of carbonyl (C=O) groups is 1. The van der Waals surface area contributed by atoms with E-state index < -0.39 is 5.97 Å². The van der Waals surface area contributed by atoms with Crippen molar-refractivity contribution in [2.24, 2.45) is 0 Å². The van der Waals surface area contributed by atoms with Crippen molar-refractivity contribution in [3.05, 3.63) is 27.7 Å². The predicted octanol–water partition coefficient (Wildman–Crippen LogP) is 2.40. The number of halogens is 2. The standard InChI is InChI=1S/C7H4Cl2O3/c8-3-1-4(7(11)12)6(9)5(10)2-3/h1-2,10H,(H,11,12). The van der Waals surface area contributed by atoms with Gasteiger partial charge in [-0.1, -0.05) is 23.2 Å². The van der Waals surface area contributed by atoms with E-state index in [1.54, 1.807) is 0 Å². The first-order valence-corrected chi connectivity index (χ1v) is 3.69. The summed E-state index contributed by atoms with van der Waals surface area (Å²) in [5.74, 6) is -1.56. The predicted molar refractivity (Wildman–Crippen MR) is 45.1 cm³/mol. The summed E-state index contributed by atoms with van der Waals surface area (Å²) in [6.45, 7) is 0. The summed E-state index contributed by atoms with van der Waals surface area (Å²) >= 11 is 11.0. The molecule has 2 N–H and O–H groups in total. The van der Waals surface area contributed by atoms with Crippen LogP contribution in [-0.2, 0) is 0 Å². The number of benzene rings is 1. The third-order valence-corrected chi connectivity index (χ3v) is 1.86. The molecule has 0 saturated carbocycles. The van der Waals surface area contributed by atoms with Gasteiger partial charge in [-0.25, -0.2) is 4.79 Å². The number of hydrogen-bond acceptors (Lipinski definition) is 2. The van der Waals surface area contributed by atoms with E-state index in [9.17, 15) is 4.79 Å². The molecule has 0 bridgehead atoms. The molecule has 0 aliphatic heterocycles. The SMILES string of the molecule is O=C(O)c1cc(Cl)cc(O)c1Cl. The van der Waals surface area contributed by atoms with Crippen molar-refractivity contribution in [2.75, 3.05) is 0 Å². The van der Waals surface area contributed by atoms with Gasteiger partial charge in [0, 0.05) is 11.1 Å². The number of hydrogen-bond donors (Lipinski definition) is 2. The third-order valence-electron chi connectivity index (χ3n) is 1.25. The molecular formula is C7H4Cl2O3. The number of rotatable bonds is 1. The summed E-state index contributed by atoms with van der Waals surface area (Å²) in [5.41, 5.74) is -0.207. The largest absolute Gasteiger partial charge is 0.506 e. The van der Waals surface area contributed by atoms with E-state index >= 15 is 0 Å². The van der Waals surface area contributed by atoms with Crippen LogP contribution < -0.4 is 0 Å². The molecule has 0 aliphatic carbocycles. The lowest BCUT2D eigenvalue weighted by atomic mass is 10.2. The van der Waals surface area contributed by atoms with E-state index in [4.69, 9.17) is 33.4 Å². The third kappa shape index (κ3) is 1.62. The minimum Gasteiger partial charge on any atom is -0.506 e. The first-order valence-electron chi connectivity index (χ1n) is 2.93. The first kappa shape index (κ1) is 9.16. The molecule has 0 unspecified atom stereocenters. The molecule has 12 heavy (non-hydrogen) atoms. The minimum atomic E-state index is -1.22. The zero-order valence-electron chi connectivity index (χ0n) is 5.71. The van der Waals surface area contributed by atoms with Crippen LogP contribution in [0.4, 0.5) is 0 Å². The summed E-state index contributed by atoms with van der Waals surface area (Å²) in [6, 6.07) is 2.35. The maximum Gasteiger partial charge on any atom is 0.337 e. The van der Waals surface area contributed by atoms with Crippen LogP contribution in [0.3, 0.4) is 0 Å². The molecule has 1 aromatic carbocycles. The lowest BCUT2D eigenvalue weighted by Gasteiger charge is -2.01. The van der Waals surface area contributed by atoms with Crippen molar-refractivity contribution in [1.82, 2.24) is 0 Å². The second-order valence-electron chi connectivity index (χ2n) is 2.09. The van der Waals surface area contributed by atoms with Gasteiger partial charge in [0.05, 0.1) is 10.6 Å². The van der Waals surface area contributed by atoms with Crippen LogP contribution in [0.2, 0.25) is 10.0 Å². The number of carboxylic acids is 1. The van der Waals surface area contributed by atoms with Crippen molar-refractivity contribution < 1.29 is 15.0 Å². The van der Waals surface area contributed by atoms with Crippen molar-refractivity contribution in [2.45, 2.75) is 0 Å². The van der Waals surface area contributed by atoms with E-state index in [1.165, 1.54) is 12.1 Å².